The molecule has 70 valence electrons. The summed E-state index contributed by atoms with van der Waals surface area (Å²) in [5, 5.41) is 10.3. The molecule has 0 amide bonds. The van der Waals surface area contributed by atoms with Gasteiger partial charge in [0, 0.05) is 0 Å². The van der Waals surface area contributed by atoms with Crippen molar-refractivity contribution >= 4 is 5.97 Å². The highest BCUT2D eigenvalue weighted by Crippen LogP contribution is 1.59. The van der Waals surface area contributed by atoms with Gasteiger partial charge in [-0.2, -0.15) is 0 Å². The van der Waals surface area contributed by atoms with Crippen LogP contribution in [0.2, 0.25) is 0 Å². The maximum absolute atomic E-state index is 10.3. The highest BCUT2D eigenvalue weighted by Gasteiger charge is 2.20. The van der Waals surface area contributed by atoms with Crippen molar-refractivity contribution < 1.29 is 19.7 Å². The molecule has 0 aromatic rings. The zero-order valence-corrected chi connectivity index (χ0v) is 7.56. The second-order valence-electron chi connectivity index (χ2n) is 3.40. The van der Waals surface area contributed by atoms with Gasteiger partial charge in [0.15, 0.2) is 0 Å². The number of piperazine rings is 1. The zero-order valence-electron chi connectivity index (χ0n) is 7.56. The number of rotatable bonds is 3. The third kappa shape index (κ3) is 2.79. The smallest absolute Gasteiger partial charge is 0.127 e. The topological polar surface area (TPSA) is 49.0 Å². The number of hydrogen-bond acceptors (Lipinski definition) is 2. The molecule has 0 saturated carbocycles. The molecule has 4 heteroatoms. The molecular weight excluding hydrogens is 156 g/mol. The molecule has 1 fully saturated rings. The molecule has 1 aliphatic heterocycles. The van der Waals surface area contributed by atoms with Crippen LogP contribution in [0.25, 0.3) is 0 Å². The van der Waals surface area contributed by atoms with Crippen molar-refractivity contribution in [1.82, 2.24) is 0 Å². The van der Waals surface area contributed by atoms with E-state index in [1.165, 1.54) is 0 Å². The lowest BCUT2D eigenvalue weighted by atomic mass is 10.3. The van der Waals surface area contributed by atoms with Gasteiger partial charge in [0.05, 0.1) is 12.5 Å². The van der Waals surface area contributed by atoms with Crippen LogP contribution in [0.4, 0.5) is 0 Å². The van der Waals surface area contributed by atoms with Crippen LogP contribution in [0.1, 0.15) is 6.92 Å². The Kier molecular flexibility index (Phi) is 3.49. The molecule has 0 aliphatic carbocycles. The molecule has 1 heterocycles. The lowest BCUT2D eigenvalue weighted by Crippen LogP contribution is -3.28. The number of likely N-dealkylation sites (N-methyl/N-ethyl adjacent to an activating group) is 1. The first-order valence-corrected chi connectivity index (χ1v) is 4.59. The molecule has 0 aromatic heterocycles. The van der Waals surface area contributed by atoms with Crippen LogP contribution in [-0.4, -0.2) is 45.2 Å². The molecule has 1 saturated heterocycles. The van der Waals surface area contributed by atoms with Gasteiger partial charge in [-0.15, -0.1) is 0 Å². The summed E-state index contributed by atoms with van der Waals surface area (Å²) in [5.74, 6) is -0.926. The average molecular weight is 173 g/mol. The fraction of sp³-hybridized carbons (Fsp3) is 0.875. The van der Waals surface area contributed by atoms with Crippen molar-refractivity contribution in [3.05, 3.63) is 0 Å². The Bertz CT molecular complexity index is 153. The summed E-state index contributed by atoms with van der Waals surface area (Å²) >= 11 is 0. The summed E-state index contributed by atoms with van der Waals surface area (Å²) in [4.78, 5) is 13.0. The molecule has 2 N–H and O–H groups in total. The van der Waals surface area contributed by atoms with Crippen molar-refractivity contribution in [2.45, 2.75) is 6.92 Å². The number of quaternary nitrogens is 2. The van der Waals surface area contributed by atoms with Crippen molar-refractivity contribution in [2.24, 2.45) is 0 Å². The molecule has 1 rings (SSSR count). The third-order valence-electron chi connectivity index (χ3n) is 2.56. The second-order valence-corrected chi connectivity index (χ2v) is 3.40. The van der Waals surface area contributed by atoms with E-state index in [4.69, 9.17) is 0 Å². The lowest BCUT2D eigenvalue weighted by molar-refractivity contribution is -1.01. The largest absolute Gasteiger partial charge is 0.544 e. The molecule has 0 spiro atoms. The normalized spacial score (nSPS) is 30.1. The van der Waals surface area contributed by atoms with Gasteiger partial charge in [0.2, 0.25) is 0 Å². The number of hydrogen-bond donors (Lipinski definition) is 2. The van der Waals surface area contributed by atoms with Crippen LogP contribution < -0.4 is 14.9 Å². The first kappa shape index (κ1) is 9.48. The number of nitrogens with one attached hydrogen (secondary N) is 2. The van der Waals surface area contributed by atoms with E-state index in [2.05, 4.69) is 6.92 Å². The third-order valence-corrected chi connectivity index (χ3v) is 2.56. The van der Waals surface area contributed by atoms with Gasteiger partial charge in [-0.1, -0.05) is 0 Å². The molecule has 0 aromatic carbocycles. The van der Waals surface area contributed by atoms with E-state index in [1.54, 1.807) is 4.90 Å². The Morgan fingerprint density at radius 3 is 2.17 bits per heavy atom. The van der Waals surface area contributed by atoms with Gasteiger partial charge in [-0.3, -0.25) is 0 Å². The summed E-state index contributed by atoms with van der Waals surface area (Å²) in [6.45, 7) is 7.63. The quantitative estimate of drug-likeness (QED) is 0.452. The van der Waals surface area contributed by atoms with Crippen molar-refractivity contribution in [1.29, 1.82) is 0 Å². The predicted molar refractivity (Wildman–Crippen MR) is 41.8 cm³/mol. The van der Waals surface area contributed by atoms with Gasteiger partial charge in [-0.25, -0.2) is 0 Å². The fourth-order valence-electron chi connectivity index (χ4n) is 1.69. The molecule has 12 heavy (non-hydrogen) atoms. The van der Waals surface area contributed by atoms with Gasteiger partial charge in [0.1, 0.15) is 32.7 Å². The molecule has 0 unspecified atom stereocenters. The number of carboxylic acids is 1. The maximum atomic E-state index is 10.3. The maximum Gasteiger partial charge on any atom is 0.127 e. The lowest BCUT2D eigenvalue weighted by Gasteiger charge is -2.28. The highest BCUT2D eigenvalue weighted by molar-refractivity contribution is 5.65. The zero-order chi connectivity index (χ0) is 8.97. The Labute approximate surface area is 72.8 Å². The van der Waals surface area contributed by atoms with E-state index in [0.29, 0.717) is 0 Å². The van der Waals surface area contributed by atoms with Crippen molar-refractivity contribution in [3.8, 4) is 0 Å². The fourth-order valence-corrected chi connectivity index (χ4v) is 1.69. The van der Waals surface area contributed by atoms with E-state index in [1.807, 2.05) is 0 Å². The number of carboxylic acid groups (broad SMARTS) is 1. The summed E-state index contributed by atoms with van der Waals surface area (Å²) in [7, 11) is 0. The van der Waals surface area contributed by atoms with E-state index in [0.717, 1.165) is 37.6 Å². The van der Waals surface area contributed by atoms with E-state index >= 15 is 0 Å². The summed E-state index contributed by atoms with van der Waals surface area (Å²) in [5.41, 5.74) is 0. The van der Waals surface area contributed by atoms with Crippen LogP contribution in [0.15, 0.2) is 0 Å². The molecule has 0 radical (unpaired) electrons. The van der Waals surface area contributed by atoms with Crippen LogP contribution >= 0.6 is 0 Å². The van der Waals surface area contributed by atoms with Crippen molar-refractivity contribution in [3.63, 3.8) is 0 Å². The molecule has 0 bridgehead atoms. The Balaban J connectivity index is 2.21. The first-order chi connectivity index (χ1) is 5.72. The first-order valence-electron chi connectivity index (χ1n) is 4.59. The number of carbonyl (C=O) groups excluding carboxylic acids is 1. The van der Waals surface area contributed by atoms with Crippen molar-refractivity contribution in [2.75, 3.05) is 39.3 Å². The summed E-state index contributed by atoms with van der Waals surface area (Å²) in [6.07, 6.45) is 0. The summed E-state index contributed by atoms with van der Waals surface area (Å²) in [6, 6.07) is 0. The molecular formula is C8H17N2O2+. The Hall–Kier alpha value is -0.610. The molecule has 0 atom stereocenters. The number of carbonyl (C=O) groups is 1. The van der Waals surface area contributed by atoms with Crippen LogP contribution in [0, 0.1) is 0 Å². The minimum Gasteiger partial charge on any atom is -0.544 e. The van der Waals surface area contributed by atoms with E-state index in [-0.39, 0.29) is 6.54 Å². The van der Waals surface area contributed by atoms with Gasteiger partial charge in [-0.05, 0) is 6.92 Å². The van der Waals surface area contributed by atoms with Gasteiger partial charge >= 0.3 is 0 Å². The number of aliphatic carboxylic acids is 1. The van der Waals surface area contributed by atoms with Gasteiger partial charge in [0.25, 0.3) is 0 Å². The van der Waals surface area contributed by atoms with Crippen LogP contribution in [0.5, 0.6) is 0 Å². The minimum absolute atomic E-state index is 0.178. The minimum atomic E-state index is -0.926. The van der Waals surface area contributed by atoms with E-state index < -0.39 is 5.97 Å². The van der Waals surface area contributed by atoms with Gasteiger partial charge < -0.3 is 19.7 Å². The second kappa shape index (κ2) is 4.42. The SMILES string of the molecule is CC[NH+]1CC[NH+](CC(=O)[O-])CC1. The Morgan fingerprint density at radius 1 is 1.25 bits per heavy atom. The standard InChI is InChI=1S/C8H16N2O2/c1-2-9-3-5-10(6-4-9)7-8(11)12/h2-7H2,1H3,(H,11,12)/p+1. The Morgan fingerprint density at radius 2 is 1.75 bits per heavy atom. The summed E-state index contributed by atoms with van der Waals surface area (Å²) < 4.78 is 0. The van der Waals surface area contributed by atoms with Crippen LogP contribution in [0.3, 0.4) is 0 Å². The predicted octanol–water partition coefficient (Wildman–Crippen LogP) is -4.46. The van der Waals surface area contributed by atoms with E-state index in [9.17, 15) is 9.90 Å². The monoisotopic (exact) mass is 173 g/mol. The molecule has 1 aliphatic rings. The highest BCUT2D eigenvalue weighted by atomic mass is 16.4. The molecule has 4 nitrogen and oxygen atoms in total. The van der Waals surface area contributed by atoms with Crippen LogP contribution in [-0.2, 0) is 4.79 Å². The average Bonchev–Trinajstić information content (AvgIpc) is 2.05.